The molecule has 0 bridgehead atoms. The van der Waals surface area contributed by atoms with Gasteiger partial charge in [-0.05, 0) is 194 Å². The van der Waals surface area contributed by atoms with Gasteiger partial charge in [-0.15, -0.1) is 0 Å². The van der Waals surface area contributed by atoms with Gasteiger partial charge in [-0.1, -0.05) is 73.5 Å². The van der Waals surface area contributed by atoms with E-state index >= 15 is 0 Å². The number of hydrogen-bond donors (Lipinski definition) is 1. The maximum atomic E-state index is 14.3. The lowest BCUT2D eigenvalue weighted by Crippen LogP contribution is -2.09. The predicted octanol–water partition coefficient (Wildman–Crippen LogP) is 14.7. The molecular formula is C70H67FN2O12S. The molecule has 0 radical (unpaired) electrons. The highest BCUT2D eigenvalue weighted by atomic mass is 32.2. The fourth-order valence-electron chi connectivity index (χ4n) is 9.11. The van der Waals surface area contributed by atoms with Crippen LogP contribution >= 0.6 is 11.8 Å². The molecule has 1 aliphatic heterocycles. The standard InChI is InChI=1S/C70H67FN2O12S/c1-6-66(74)81-35-11-34-80-59-28-25-53-40-55(24-23-54(53)41-59)70(77)85-63-30-19-51(39-65(63)78-5)20-31-67(75)83-64-36-47(4)52(21-14-48-16-26-58(27-17-48)79-32-9-7-8-10-33-82-69(76)46(2)3)42-61(64)73-44-68-84-62-29-18-49(37-57(62)45-86-68)12-13-50-15-22-56(43-72)60(71)38-50/h6,15-20,22-31,36-42,44,73H,1-2,7-14,21,32-35,45H2,3-5H3/b31-20+,68-44-. The summed E-state index contributed by atoms with van der Waals surface area (Å²) < 4.78 is 60.0. The van der Waals surface area contributed by atoms with Crippen molar-refractivity contribution in [2.24, 2.45) is 0 Å². The lowest BCUT2D eigenvalue weighted by molar-refractivity contribution is -0.139. The van der Waals surface area contributed by atoms with Gasteiger partial charge in [-0.25, -0.2) is 23.6 Å². The van der Waals surface area contributed by atoms with Crippen molar-refractivity contribution in [2.75, 3.05) is 38.9 Å². The molecule has 0 spiro atoms. The first kappa shape index (κ1) is 62.5. The van der Waals surface area contributed by atoms with Crippen molar-refractivity contribution in [2.45, 2.75) is 77.4 Å². The lowest BCUT2D eigenvalue weighted by Gasteiger charge is -2.20. The molecule has 1 aliphatic rings. The summed E-state index contributed by atoms with van der Waals surface area (Å²) in [5.74, 6) is 0.975. The highest BCUT2D eigenvalue weighted by Gasteiger charge is 2.19. The third kappa shape index (κ3) is 18.5. The summed E-state index contributed by atoms with van der Waals surface area (Å²) >= 11 is 1.51. The Morgan fingerprint density at radius 1 is 0.698 bits per heavy atom. The molecule has 0 atom stereocenters. The Hall–Kier alpha value is -9.59. The van der Waals surface area contributed by atoms with Gasteiger partial charge < -0.3 is 43.2 Å². The molecule has 1 heterocycles. The van der Waals surface area contributed by atoms with Crippen LogP contribution in [0.1, 0.15) is 93.9 Å². The molecule has 0 fully saturated rings. The Bertz CT molecular complexity index is 3720. The number of methoxy groups -OCH3 is 1. The number of anilines is 1. The smallest absolute Gasteiger partial charge is 0.343 e. The van der Waals surface area contributed by atoms with Crippen LogP contribution in [0.5, 0.6) is 34.5 Å². The molecule has 7 aromatic carbocycles. The quantitative estimate of drug-likeness (QED) is 0.0202. The summed E-state index contributed by atoms with van der Waals surface area (Å²) in [5.41, 5.74) is 7.92. The van der Waals surface area contributed by atoms with E-state index in [0.717, 1.165) is 88.1 Å². The van der Waals surface area contributed by atoms with Crippen molar-refractivity contribution in [3.8, 4) is 40.6 Å². The fraction of sp³-hybridized carbons (Fsp3) is 0.243. The van der Waals surface area contributed by atoms with Crippen LogP contribution in [-0.4, -0.2) is 57.4 Å². The number of carbonyl (C=O) groups is 4. The van der Waals surface area contributed by atoms with E-state index in [1.54, 1.807) is 67.7 Å². The normalized spacial score (nSPS) is 12.1. The molecule has 1 N–H and O–H groups in total. The van der Waals surface area contributed by atoms with Crippen LogP contribution in [0.4, 0.5) is 10.1 Å². The monoisotopic (exact) mass is 1180 g/mol. The molecule has 86 heavy (non-hydrogen) atoms. The number of aryl methyl sites for hydroxylation is 5. The van der Waals surface area contributed by atoms with Crippen LogP contribution in [0.15, 0.2) is 170 Å². The number of rotatable bonds is 29. The summed E-state index contributed by atoms with van der Waals surface area (Å²) in [6, 6.07) is 40.2. The number of esters is 4. The minimum absolute atomic E-state index is 0.0277. The van der Waals surface area contributed by atoms with Crippen LogP contribution in [0, 0.1) is 24.1 Å². The second-order valence-electron chi connectivity index (χ2n) is 20.3. The second-order valence-corrected chi connectivity index (χ2v) is 21.3. The highest BCUT2D eigenvalue weighted by Crippen LogP contribution is 2.38. The van der Waals surface area contributed by atoms with Gasteiger partial charge in [0.15, 0.2) is 22.3 Å². The van der Waals surface area contributed by atoms with Crippen molar-refractivity contribution in [3.63, 3.8) is 0 Å². The molecule has 8 rings (SSSR count). The van der Waals surface area contributed by atoms with Crippen molar-refractivity contribution in [1.29, 1.82) is 5.26 Å². The average molecular weight is 1180 g/mol. The third-order valence-electron chi connectivity index (χ3n) is 13.9. The van der Waals surface area contributed by atoms with Gasteiger partial charge in [0.25, 0.3) is 0 Å². The summed E-state index contributed by atoms with van der Waals surface area (Å²) in [5, 5.41) is 14.7. The summed E-state index contributed by atoms with van der Waals surface area (Å²) in [6.07, 6.45) is 12.6. The van der Waals surface area contributed by atoms with E-state index < -0.39 is 23.7 Å². The minimum atomic E-state index is -0.634. The highest BCUT2D eigenvalue weighted by molar-refractivity contribution is 8.02. The topological polar surface area (TPSA) is 178 Å². The predicted molar refractivity (Wildman–Crippen MR) is 331 cm³/mol. The summed E-state index contributed by atoms with van der Waals surface area (Å²) in [7, 11) is 1.46. The molecule has 442 valence electrons. The average Bonchev–Trinajstić information content (AvgIpc) is 2.21. The Kier molecular flexibility index (Phi) is 22.8. The van der Waals surface area contributed by atoms with E-state index in [0.29, 0.717) is 96.0 Å². The number of nitriles is 1. The van der Waals surface area contributed by atoms with Crippen LogP contribution in [0.3, 0.4) is 0 Å². The van der Waals surface area contributed by atoms with Crippen molar-refractivity contribution < 1.29 is 61.5 Å². The molecule has 0 aromatic heterocycles. The molecule has 0 saturated carbocycles. The number of hydrogen-bond acceptors (Lipinski definition) is 15. The van der Waals surface area contributed by atoms with Gasteiger partial charge in [0.05, 0.1) is 56.6 Å². The number of benzene rings is 7. The largest absolute Gasteiger partial charge is 0.494 e. The SMILES string of the molecule is C=CC(=O)OCCCOc1ccc2cc(C(=O)Oc3ccc(/C=C/C(=O)Oc4cc(C)c(CCc5ccc(OCCCCCCOC(=O)C(=C)C)cc5)cc4N/C=C4/Oc5ccc(CCc6ccc(C#N)c(F)c6)cc5CS4)cc3OC)ccc2c1. The number of halogens is 1. The van der Waals surface area contributed by atoms with E-state index in [9.17, 15) is 23.6 Å². The number of carbonyl (C=O) groups excluding carboxylic acids is 4. The van der Waals surface area contributed by atoms with E-state index in [-0.39, 0.29) is 29.6 Å². The van der Waals surface area contributed by atoms with E-state index in [4.69, 9.17) is 43.2 Å². The number of unbranched alkanes of at least 4 members (excludes halogenated alkanes) is 3. The zero-order valence-corrected chi connectivity index (χ0v) is 49.2. The first-order valence-electron chi connectivity index (χ1n) is 28.3. The van der Waals surface area contributed by atoms with Crippen LogP contribution in [0.2, 0.25) is 0 Å². The number of nitrogens with one attached hydrogen (secondary N) is 1. The van der Waals surface area contributed by atoms with E-state index in [2.05, 4.69) is 36.7 Å². The molecule has 0 aliphatic carbocycles. The zero-order valence-electron chi connectivity index (χ0n) is 48.4. The van der Waals surface area contributed by atoms with Gasteiger partial charge >= 0.3 is 23.9 Å². The number of fused-ring (bicyclic) bond motifs is 2. The maximum Gasteiger partial charge on any atom is 0.343 e. The first-order valence-corrected chi connectivity index (χ1v) is 29.2. The van der Waals surface area contributed by atoms with Crippen LogP contribution in [-0.2, 0) is 55.3 Å². The maximum absolute atomic E-state index is 14.3. The summed E-state index contributed by atoms with van der Waals surface area (Å²) in [6.45, 7) is 12.2. The lowest BCUT2D eigenvalue weighted by atomic mass is 9.99. The number of thioether (sulfide) groups is 1. The van der Waals surface area contributed by atoms with Crippen molar-refractivity contribution in [3.05, 3.63) is 225 Å². The minimum Gasteiger partial charge on any atom is -0.494 e. The Labute approximate surface area is 504 Å². The Morgan fingerprint density at radius 3 is 2.16 bits per heavy atom. The van der Waals surface area contributed by atoms with Gasteiger partial charge in [0, 0.05) is 35.5 Å². The fourth-order valence-corrected chi connectivity index (χ4v) is 9.92. The molecular weight excluding hydrogens is 1110 g/mol. The second kappa shape index (κ2) is 31.3. The molecule has 0 unspecified atom stereocenters. The van der Waals surface area contributed by atoms with Gasteiger partial charge in [-0.3, -0.25) is 0 Å². The number of ether oxygens (including phenoxy) is 8. The molecule has 7 aromatic rings. The molecule has 0 amide bonds. The third-order valence-corrected chi connectivity index (χ3v) is 14.8. The molecule has 0 saturated heterocycles. The Morgan fingerprint density at radius 2 is 1.40 bits per heavy atom. The van der Waals surface area contributed by atoms with Gasteiger partial charge in [0.1, 0.15) is 29.1 Å². The summed E-state index contributed by atoms with van der Waals surface area (Å²) in [4.78, 5) is 49.9. The van der Waals surface area contributed by atoms with Crippen LogP contribution < -0.4 is 33.7 Å². The molecule has 16 heteroatoms. The van der Waals surface area contributed by atoms with Crippen molar-refractivity contribution >= 4 is 58.2 Å². The van der Waals surface area contributed by atoms with E-state index in [1.807, 2.05) is 61.5 Å². The van der Waals surface area contributed by atoms with Crippen molar-refractivity contribution in [1.82, 2.24) is 0 Å². The van der Waals surface area contributed by atoms with E-state index in [1.165, 1.54) is 37.1 Å². The Balaban J connectivity index is 0.900. The van der Waals surface area contributed by atoms with Crippen LogP contribution in [0.25, 0.3) is 16.8 Å². The number of nitrogens with zero attached hydrogens (tertiary/aromatic N) is 1. The van der Waals surface area contributed by atoms with Gasteiger partial charge in [0.2, 0.25) is 0 Å². The zero-order chi connectivity index (χ0) is 60.8. The van der Waals surface area contributed by atoms with Gasteiger partial charge in [-0.2, -0.15) is 5.26 Å². The molecule has 14 nitrogen and oxygen atoms in total. The first-order chi connectivity index (χ1) is 41.7.